The molecular formula is C15H27N3O. The van der Waals surface area contributed by atoms with Crippen molar-refractivity contribution in [1.29, 1.82) is 0 Å². The highest BCUT2D eigenvalue weighted by Crippen LogP contribution is 2.28. The van der Waals surface area contributed by atoms with E-state index in [1.807, 2.05) is 0 Å². The number of amides is 1. The first-order chi connectivity index (χ1) is 9.23. The summed E-state index contributed by atoms with van der Waals surface area (Å²) >= 11 is 0. The van der Waals surface area contributed by atoms with Crippen LogP contribution in [0.15, 0.2) is 0 Å². The van der Waals surface area contributed by atoms with Gasteiger partial charge in [-0.3, -0.25) is 4.79 Å². The van der Waals surface area contributed by atoms with Crippen molar-refractivity contribution in [3.05, 3.63) is 0 Å². The molecule has 3 fully saturated rings. The molecule has 0 unspecified atom stereocenters. The number of nitrogens with one attached hydrogen (secondary N) is 2. The number of hydrogen-bond acceptors (Lipinski definition) is 3. The van der Waals surface area contributed by atoms with Crippen molar-refractivity contribution in [2.24, 2.45) is 0 Å². The number of piperidine rings is 1. The predicted molar refractivity (Wildman–Crippen MR) is 76.0 cm³/mol. The zero-order valence-electron chi connectivity index (χ0n) is 12.1. The number of carbonyl (C=O) groups is 1. The molecule has 3 aliphatic heterocycles. The molecule has 0 bridgehead atoms. The van der Waals surface area contributed by atoms with Gasteiger partial charge in [0.05, 0.1) is 5.54 Å². The van der Waals surface area contributed by atoms with Crippen LogP contribution in [0.25, 0.3) is 0 Å². The minimum Gasteiger partial charge on any atom is -0.352 e. The standard InChI is InChI=1S/C15H27N3O/c1-2-15(7-4-8-16-15)14(19)17-12-6-10-18-9-3-5-13(18)11-12/h12-13,16H,2-11H2,1H3,(H,17,19)/t12-,13-,15-/m1/s1. The maximum absolute atomic E-state index is 12.6. The first kappa shape index (κ1) is 13.4. The highest BCUT2D eigenvalue weighted by atomic mass is 16.2. The van der Waals surface area contributed by atoms with Gasteiger partial charge in [-0.05, 0) is 58.0 Å². The molecule has 3 heterocycles. The van der Waals surface area contributed by atoms with Crippen molar-refractivity contribution in [3.63, 3.8) is 0 Å². The molecule has 3 atom stereocenters. The van der Waals surface area contributed by atoms with Crippen molar-refractivity contribution >= 4 is 5.91 Å². The molecule has 0 aromatic carbocycles. The molecule has 2 N–H and O–H groups in total. The number of hydrogen-bond donors (Lipinski definition) is 2. The molecule has 3 rings (SSSR count). The summed E-state index contributed by atoms with van der Waals surface area (Å²) in [7, 11) is 0. The summed E-state index contributed by atoms with van der Waals surface area (Å²) in [6.07, 6.45) is 7.98. The van der Waals surface area contributed by atoms with Crippen LogP contribution in [0.3, 0.4) is 0 Å². The Bertz CT molecular complexity index is 338. The summed E-state index contributed by atoms with van der Waals surface area (Å²) < 4.78 is 0. The van der Waals surface area contributed by atoms with E-state index in [0.717, 1.165) is 44.7 Å². The van der Waals surface area contributed by atoms with Crippen LogP contribution in [0.4, 0.5) is 0 Å². The highest BCUT2D eigenvalue weighted by molar-refractivity contribution is 5.86. The van der Waals surface area contributed by atoms with Gasteiger partial charge >= 0.3 is 0 Å². The number of nitrogens with zero attached hydrogens (tertiary/aromatic N) is 1. The molecule has 3 aliphatic rings. The number of fused-ring (bicyclic) bond motifs is 1. The summed E-state index contributed by atoms with van der Waals surface area (Å²) in [5.74, 6) is 0.254. The first-order valence-corrected chi connectivity index (χ1v) is 8.03. The fourth-order valence-electron chi connectivity index (χ4n) is 4.14. The summed E-state index contributed by atoms with van der Waals surface area (Å²) in [5, 5.41) is 6.77. The topological polar surface area (TPSA) is 44.4 Å². The summed E-state index contributed by atoms with van der Waals surface area (Å²) in [4.78, 5) is 15.2. The molecule has 0 spiro atoms. The van der Waals surface area contributed by atoms with Crippen LogP contribution in [0.5, 0.6) is 0 Å². The SMILES string of the molecule is CC[C@]1(C(=O)N[C@@H]2CCN3CCC[C@@H]3C2)CCCN1. The Morgan fingerprint density at radius 1 is 1.37 bits per heavy atom. The second kappa shape index (κ2) is 5.41. The van der Waals surface area contributed by atoms with Crippen LogP contribution in [0.2, 0.25) is 0 Å². The zero-order chi connectivity index (χ0) is 13.3. The van der Waals surface area contributed by atoms with Gasteiger partial charge in [0, 0.05) is 18.6 Å². The van der Waals surface area contributed by atoms with E-state index < -0.39 is 0 Å². The van der Waals surface area contributed by atoms with E-state index in [-0.39, 0.29) is 11.4 Å². The fourth-order valence-corrected chi connectivity index (χ4v) is 4.14. The second-order valence-electron chi connectivity index (χ2n) is 6.49. The van der Waals surface area contributed by atoms with E-state index >= 15 is 0 Å². The van der Waals surface area contributed by atoms with Gasteiger partial charge in [-0.1, -0.05) is 6.92 Å². The molecule has 0 aromatic rings. The second-order valence-corrected chi connectivity index (χ2v) is 6.49. The maximum Gasteiger partial charge on any atom is 0.240 e. The van der Waals surface area contributed by atoms with E-state index in [4.69, 9.17) is 0 Å². The smallest absolute Gasteiger partial charge is 0.240 e. The lowest BCUT2D eigenvalue weighted by Gasteiger charge is -2.37. The van der Waals surface area contributed by atoms with E-state index in [0.29, 0.717) is 6.04 Å². The van der Waals surface area contributed by atoms with Gasteiger partial charge < -0.3 is 15.5 Å². The fraction of sp³-hybridized carbons (Fsp3) is 0.933. The normalized spacial score (nSPS) is 39.2. The van der Waals surface area contributed by atoms with Gasteiger partial charge in [0.1, 0.15) is 0 Å². The molecular weight excluding hydrogens is 238 g/mol. The van der Waals surface area contributed by atoms with Gasteiger partial charge in [-0.2, -0.15) is 0 Å². The molecule has 3 saturated heterocycles. The van der Waals surface area contributed by atoms with Crippen molar-refractivity contribution in [1.82, 2.24) is 15.5 Å². The number of carbonyl (C=O) groups excluding carboxylic acids is 1. The van der Waals surface area contributed by atoms with Gasteiger partial charge in [0.2, 0.25) is 5.91 Å². The van der Waals surface area contributed by atoms with Gasteiger partial charge in [-0.25, -0.2) is 0 Å². The molecule has 4 nitrogen and oxygen atoms in total. The molecule has 4 heteroatoms. The monoisotopic (exact) mass is 265 g/mol. The van der Waals surface area contributed by atoms with Gasteiger partial charge in [-0.15, -0.1) is 0 Å². The Kier molecular flexibility index (Phi) is 3.81. The maximum atomic E-state index is 12.6. The third-order valence-electron chi connectivity index (χ3n) is 5.44. The van der Waals surface area contributed by atoms with E-state index in [1.165, 1.54) is 25.9 Å². The quantitative estimate of drug-likeness (QED) is 0.807. The van der Waals surface area contributed by atoms with Crippen molar-refractivity contribution in [2.75, 3.05) is 19.6 Å². The Morgan fingerprint density at radius 2 is 2.26 bits per heavy atom. The van der Waals surface area contributed by atoms with Crippen LogP contribution < -0.4 is 10.6 Å². The third kappa shape index (κ3) is 2.52. The summed E-state index contributed by atoms with van der Waals surface area (Å²) in [6, 6.07) is 1.13. The van der Waals surface area contributed by atoms with E-state index in [1.54, 1.807) is 0 Å². The van der Waals surface area contributed by atoms with Crippen LogP contribution >= 0.6 is 0 Å². The van der Waals surface area contributed by atoms with Crippen LogP contribution in [0.1, 0.15) is 51.9 Å². The minimum atomic E-state index is -0.271. The minimum absolute atomic E-state index is 0.254. The third-order valence-corrected chi connectivity index (χ3v) is 5.44. The lowest BCUT2D eigenvalue weighted by Crippen LogP contribution is -2.57. The van der Waals surface area contributed by atoms with Crippen molar-refractivity contribution < 1.29 is 4.79 Å². The van der Waals surface area contributed by atoms with E-state index in [2.05, 4.69) is 22.5 Å². The lowest BCUT2D eigenvalue weighted by molar-refractivity contribution is -0.128. The number of rotatable bonds is 3. The van der Waals surface area contributed by atoms with Gasteiger partial charge in [0.25, 0.3) is 0 Å². The predicted octanol–water partition coefficient (Wildman–Crippen LogP) is 1.26. The van der Waals surface area contributed by atoms with Crippen LogP contribution in [-0.2, 0) is 4.79 Å². The molecule has 0 radical (unpaired) electrons. The Morgan fingerprint density at radius 3 is 3.00 bits per heavy atom. The zero-order valence-corrected chi connectivity index (χ0v) is 12.1. The summed E-state index contributed by atoms with van der Waals surface area (Å²) in [6.45, 7) is 5.55. The summed E-state index contributed by atoms with van der Waals surface area (Å²) in [5.41, 5.74) is -0.271. The van der Waals surface area contributed by atoms with E-state index in [9.17, 15) is 4.79 Å². The molecule has 0 aliphatic carbocycles. The Hall–Kier alpha value is -0.610. The van der Waals surface area contributed by atoms with Crippen LogP contribution in [-0.4, -0.2) is 48.1 Å². The molecule has 0 aromatic heterocycles. The first-order valence-electron chi connectivity index (χ1n) is 8.03. The molecule has 108 valence electrons. The largest absolute Gasteiger partial charge is 0.352 e. The molecule has 0 saturated carbocycles. The van der Waals surface area contributed by atoms with Crippen molar-refractivity contribution in [2.45, 2.75) is 69.5 Å². The lowest BCUT2D eigenvalue weighted by atomic mass is 9.91. The average Bonchev–Trinajstić information content (AvgIpc) is 3.07. The average molecular weight is 265 g/mol. The van der Waals surface area contributed by atoms with Gasteiger partial charge in [0.15, 0.2) is 0 Å². The van der Waals surface area contributed by atoms with Crippen molar-refractivity contribution in [3.8, 4) is 0 Å². The molecule has 19 heavy (non-hydrogen) atoms. The highest BCUT2D eigenvalue weighted by Gasteiger charge is 2.41. The van der Waals surface area contributed by atoms with Crippen LogP contribution in [0, 0.1) is 0 Å². The Labute approximate surface area is 116 Å². The molecule has 1 amide bonds. The Balaban J connectivity index is 1.57.